The van der Waals surface area contributed by atoms with Gasteiger partial charge >= 0.3 is 0 Å². The standard InChI is InChI=1S/C24H24BrN5O4S/c1-16-3-2-8-30-22(16)27-23-19(24(30)31)15-20(35(32,33)18-6-4-17(25)5-7-18)21(26)29(23)10-9-28-11-13-34-14-12-28/h2-8,15,26H,9-14H2,1H3. The summed E-state index contributed by atoms with van der Waals surface area (Å²) >= 11 is 3.32. The van der Waals surface area contributed by atoms with Crippen LogP contribution >= 0.6 is 15.9 Å². The highest BCUT2D eigenvalue weighted by molar-refractivity contribution is 9.10. The number of hydrogen-bond donors (Lipinski definition) is 1. The van der Waals surface area contributed by atoms with Crippen LogP contribution in [0.5, 0.6) is 0 Å². The predicted octanol–water partition coefficient (Wildman–Crippen LogP) is 2.36. The van der Waals surface area contributed by atoms with Crippen LogP contribution < -0.4 is 11.0 Å². The lowest BCUT2D eigenvalue weighted by atomic mass is 10.2. The molecule has 4 aromatic rings. The molecule has 9 nitrogen and oxygen atoms in total. The molecule has 0 atom stereocenters. The molecular formula is C24H24BrN5O4S. The van der Waals surface area contributed by atoms with E-state index in [0.717, 1.165) is 23.1 Å². The smallest absolute Gasteiger partial charge is 0.267 e. The number of nitrogens with zero attached hydrogens (tertiary/aromatic N) is 4. The lowest BCUT2D eigenvalue weighted by Crippen LogP contribution is -2.40. The van der Waals surface area contributed by atoms with Crippen molar-refractivity contribution in [2.75, 3.05) is 32.8 Å². The van der Waals surface area contributed by atoms with Crippen molar-refractivity contribution < 1.29 is 13.2 Å². The average Bonchev–Trinajstić information content (AvgIpc) is 2.85. The van der Waals surface area contributed by atoms with Gasteiger partial charge in [-0.1, -0.05) is 22.0 Å². The Morgan fingerprint density at radius 1 is 1.09 bits per heavy atom. The molecule has 1 aliphatic heterocycles. The molecule has 1 aromatic carbocycles. The summed E-state index contributed by atoms with van der Waals surface area (Å²) in [5.41, 5.74) is 1.02. The van der Waals surface area contributed by atoms with Crippen LogP contribution in [0.2, 0.25) is 0 Å². The van der Waals surface area contributed by atoms with Gasteiger partial charge in [0.05, 0.1) is 23.5 Å². The lowest BCUT2D eigenvalue weighted by molar-refractivity contribution is 0.0363. The van der Waals surface area contributed by atoms with E-state index in [-0.39, 0.29) is 26.2 Å². The Balaban J connectivity index is 1.76. The zero-order chi connectivity index (χ0) is 24.7. The lowest BCUT2D eigenvalue weighted by Gasteiger charge is -2.27. The highest BCUT2D eigenvalue weighted by Crippen LogP contribution is 2.23. The molecule has 1 aliphatic rings. The van der Waals surface area contributed by atoms with Crippen LogP contribution in [0.25, 0.3) is 16.7 Å². The number of rotatable bonds is 5. The molecule has 5 rings (SSSR count). The van der Waals surface area contributed by atoms with Crippen molar-refractivity contribution in [1.29, 1.82) is 5.41 Å². The monoisotopic (exact) mass is 557 g/mol. The van der Waals surface area contributed by atoms with Gasteiger partial charge in [0.25, 0.3) is 5.56 Å². The first-order valence-electron chi connectivity index (χ1n) is 11.2. The van der Waals surface area contributed by atoms with Crippen LogP contribution in [0, 0.1) is 12.3 Å². The number of halogens is 1. The Bertz CT molecular complexity index is 1660. The molecule has 0 saturated carbocycles. The molecule has 0 unspecified atom stereocenters. The summed E-state index contributed by atoms with van der Waals surface area (Å²) in [5, 5.41) is 9.06. The summed E-state index contributed by atoms with van der Waals surface area (Å²) in [6.07, 6.45) is 1.62. The van der Waals surface area contributed by atoms with Gasteiger partial charge in [0.1, 0.15) is 21.7 Å². The Hall–Kier alpha value is -2.86. The molecule has 0 spiro atoms. The summed E-state index contributed by atoms with van der Waals surface area (Å²) in [5.74, 6) is 0. The number of aromatic nitrogens is 3. The maximum absolute atomic E-state index is 13.6. The van der Waals surface area contributed by atoms with Gasteiger partial charge < -0.3 is 9.30 Å². The maximum atomic E-state index is 13.6. The van der Waals surface area contributed by atoms with Crippen molar-refractivity contribution in [3.8, 4) is 0 Å². The first kappa shape index (κ1) is 23.9. The zero-order valence-electron chi connectivity index (χ0n) is 19.1. The van der Waals surface area contributed by atoms with E-state index < -0.39 is 9.84 Å². The van der Waals surface area contributed by atoms with Crippen molar-refractivity contribution in [1.82, 2.24) is 18.9 Å². The van der Waals surface area contributed by atoms with Gasteiger partial charge in [0.2, 0.25) is 9.84 Å². The first-order chi connectivity index (χ1) is 16.8. The molecule has 35 heavy (non-hydrogen) atoms. The quantitative estimate of drug-likeness (QED) is 0.377. The second-order valence-electron chi connectivity index (χ2n) is 8.46. The van der Waals surface area contributed by atoms with E-state index in [1.54, 1.807) is 29.0 Å². The first-order valence-corrected chi connectivity index (χ1v) is 13.5. The molecule has 3 aromatic heterocycles. The molecule has 1 N–H and O–H groups in total. The van der Waals surface area contributed by atoms with Crippen molar-refractivity contribution in [3.05, 3.63) is 74.5 Å². The van der Waals surface area contributed by atoms with Gasteiger partial charge in [-0.2, -0.15) is 0 Å². The van der Waals surface area contributed by atoms with Crippen LogP contribution in [0.15, 0.2) is 67.7 Å². The van der Waals surface area contributed by atoms with Gasteiger partial charge in [-0.3, -0.25) is 19.5 Å². The highest BCUT2D eigenvalue weighted by atomic mass is 79.9. The van der Waals surface area contributed by atoms with E-state index in [4.69, 9.17) is 15.1 Å². The average molecular weight is 558 g/mol. The van der Waals surface area contributed by atoms with Gasteiger partial charge in [-0.05, 0) is 48.9 Å². The third kappa shape index (κ3) is 4.33. The molecule has 11 heteroatoms. The fourth-order valence-electron chi connectivity index (χ4n) is 4.30. The number of nitrogens with one attached hydrogen (secondary N) is 1. The molecular weight excluding hydrogens is 534 g/mol. The van der Waals surface area contributed by atoms with E-state index in [1.807, 2.05) is 13.0 Å². The van der Waals surface area contributed by atoms with E-state index in [2.05, 4.69) is 20.8 Å². The Labute approximate surface area is 210 Å². The molecule has 182 valence electrons. The summed E-state index contributed by atoms with van der Waals surface area (Å²) < 4.78 is 36.3. The summed E-state index contributed by atoms with van der Waals surface area (Å²) in [6, 6.07) is 11.1. The van der Waals surface area contributed by atoms with Crippen LogP contribution in [0.1, 0.15) is 5.56 Å². The fraction of sp³-hybridized carbons (Fsp3) is 0.292. The topological polar surface area (TPSA) is 110 Å². The third-order valence-corrected chi connectivity index (χ3v) is 8.57. The Morgan fingerprint density at radius 3 is 2.51 bits per heavy atom. The van der Waals surface area contributed by atoms with Gasteiger partial charge in [-0.15, -0.1) is 0 Å². The number of benzene rings is 1. The van der Waals surface area contributed by atoms with Crippen molar-refractivity contribution in [2.45, 2.75) is 23.3 Å². The van der Waals surface area contributed by atoms with Crippen LogP contribution in [0.4, 0.5) is 0 Å². The maximum Gasteiger partial charge on any atom is 0.267 e. The highest BCUT2D eigenvalue weighted by Gasteiger charge is 2.24. The van der Waals surface area contributed by atoms with Gasteiger partial charge in [0, 0.05) is 36.8 Å². The minimum absolute atomic E-state index is 0.0537. The second-order valence-corrected chi connectivity index (χ2v) is 11.3. The number of hydrogen-bond acceptors (Lipinski definition) is 7. The number of sulfone groups is 1. The van der Waals surface area contributed by atoms with E-state index >= 15 is 0 Å². The molecule has 0 radical (unpaired) electrons. The van der Waals surface area contributed by atoms with E-state index in [0.29, 0.717) is 37.6 Å². The molecule has 1 saturated heterocycles. The number of fused-ring (bicyclic) bond motifs is 2. The van der Waals surface area contributed by atoms with Gasteiger partial charge in [0.15, 0.2) is 0 Å². The summed E-state index contributed by atoms with van der Waals surface area (Å²) in [4.78, 5) is 20.2. The zero-order valence-corrected chi connectivity index (χ0v) is 21.5. The van der Waals surface area contributed by atoms with Crippen molar-refractivity contribution >= 4 is 42.4 Å². The minimum Gasteiger partial charge on any atom is -0.379 e. The SMILES string of the molecule is Cc1cccn2c(=O)c3cc(S(=O)(=O)c4ccc(Br)cc4)c(=N)n(CCN4CCOCC4)c3nc12. The molecule has 1 fully saturated rings. The van der Waals surface area contributed by atoms with Crippen LogP contribution in [-0.4, -0.2) is 60.1 Å². The van der Waals surface area contributed by atoms with E-state index in [1.165, 1.54) is 22.6 Å². The number of aryl methyl sites for hydroxylation is 1. The molecule has 0 bridgehead atoms. The van der Waals surface area contributed by atoms with Crippen LogP contribution in [0.3, 0.4) is 0 Å². The largest absolute Gasteiger partial charge is 0.379 e. The summed E-state index contributed by atoms with van der Waals surface area (Å²) in [6.45, 7) is 5.50. The fourth-order valence-corrected chi connectivity index (χ4v) is 5.95. The molecule has 0 aliphatic carbocycles. The van der Waals surface area contributed by atoms with Crippen molar-refractivity contribution in [2.24, 2.45) is 0 Å². The predicted molar refractivity (Wildman–Crippen MR) is 134 cm³/mol. The third-order valence-electron chi connectivity index (χ3n) is 6.26. The summed E-state index contributed by atoms with van der Waals surface area (Å²) in [7, 11) is -4.06. The van der Waals surface area contributed by atoms with Gasteiger partial charge in [-0.25, -0.2) is 13.4 Å². The Morgan fingerprint density at radius 2 is 1.80 bits per heavy atom. The Kier molecular flexibility index (Phi) is 6.34. The number of morpholine rings is 1. The molecule has 0 amide bonds. The number of ether oxygens (including phenoxy) is 1. The molecule has 4 heterocycles. The normalized spacial score (nSPS) is 15.1. The minimum atomic E-state index is -4.06. The van der Waals surface area contributed by atoms with Crippen LogP contribution in [-0.2, 0) is 21.1 Å². The van der Waals surface area contributed by atoms with Crippen molar-refractivity contribution in [3.63, 3.8) is 0 Å². The van der Waals surface area contributed by atoms with E-state index in [9.17, 15) is 13.2 Å². The number of pyridine rings is 2. The second kappa shape index (κ2) is 9.30.